The van der Waals surface area contributed by atoms with Gasteiger partial charge in [-0.3, -0.25) is 9.69 Å². The normalized spacial score (nSPS) is 30.4. The van der Waals surface area contributed by atoms with Gasteiger partial charge in [-0.1, -0.05) is 36.2 Å². The molecule has 0 spiro atoms. The van der Waals surface area contributed by atoms with Gasteiger partial charge in [0.2, 0.25) is 5.91 Å². The summed E-state index contributed by atoms with van der Waals surface area (Å²) in [5, 5.41) is 4.02. The molecule has 1 aromatic carbocycles. The average Bonchev–Trinajstić information content (AvgIpc) is 3.27. The highest BCUT2D eigenvalue weighted by Crippen LogP contribution is 2.48. The van der Waals surface area contributed by atoms with E-state index in [9.17, 15) is 4.79 Å². The van der Waals surface area contributed by atoms with Crippen LogP contribution in [0, 0.1) is 17.8 Å². The predicted molar refractivity (Wildman–Crippen MR) is 98.5 cm³/mol. The summed E-state index contributed by atoms with van der Waals surface area (Å²) in [6, 6.07) is 8.09. The molecular formula is C20H27ClN2O2. The number of halogens is 1. The van der Waals surface area contributed by atoms with Crippen molar-refractivity contribution < 1.29 is 9.53 Å². The van der Waals surface area contributed by atoms with Crippen LogP contribution in [0.2, 0.25) is 5.02 Å². The minimum absolute atomic E-state index is 0.111. The van der Waals surface area contributed by atoms with E-state index >= 15 is 0 Å². The van der Waals surface area contributed by atoms with E-state index in [4.69, 9.17) is 16.3 Å². The predicted octanol–water partition coefficient (Wildman–Crippen LogP) is 3.27. The first kappa shape index (κ1) is 17.3. The van der Waals surface area contributed by atoms with E-state index < -0.39 is 0 Å². The van der Waals surface area contributed by atoms with Gasteiger partial charge < -0.3 is 10.1 Å². The first-order valence-corrected chi connectivity index (χ1v) is 9.94. The second kappa shape index (κ2) is 7.65. The summed E-state index contributed by atoms with van der Waals surface area (Å²) in [5.41, 5.74) is 1.10. The molecule has 2 aliphatic carbocycles. The number of carbonyl (C=O) groups is 1. The monoisotopic (exact) mass is 362 g/mol. The summed E-state index contributed by atoms with van der Waals surface area (Å²) in [4.78, 5) is 15.1. The first-order valence-electron chi connectivity index (χ1n) is 9.56. The van der Waals surface area contributed by atoms with Crippen molar-refractivity contribution in [2.45, 2.75) is 31.7 Å². The highest BCUT2D eigenvalue weighted by molar-refractivity contribution is 6.31. The second-order valence-corrected chi connectivity index (χ2v) is 8.12. The van der Waals surface area contributed by atoms with Crippen molar-refractivity contribution in [1.82, 2.24) is 10.2 Å². The largest absolute Gasteiger partial charge is 0.379 e. The van der Waals surface area contributed by atoms with E-state index in [1.807, 2.05) is 18.2 Å². The van der Waals surface area contributed by atoms with Crippen molar-refractivity contribution in [3.63, 3.8) is 0 Å². The smallest absolute Gasteiger partial charge is 0.223 e. The lowest BCUT2D eigenvalue weighted by Crippen LogP contribution is -2.45. The molecule has 0 unspecified atom stereocenters. The van der Waals surface area contributed by atoms with Gasteiger partial charge >= 0.3 is 0 Å². The fourth-order valence-corrected chi connectivity index (χ4v) is 5.23. The molecule has 5 heteroatoms. The molecule has 1 aromatic rings. The Morgan fingerprint density at radius 3 is 2.72 bits per heavy atom. The van der Waals surface area contributed by atoms with E-state index in [0.29, 0.717) is 12.5 Å². The Balaban J connectivity index is 1.44. The van der Waals surface area contributed by atoms with Crippen molar-refractivity contribution in [3.05, 3.63) is 34.9 Å². The van der Waals surface area contributed by atoms with E-state index in [1.165, 1.54) is 19.3 Å². The van der Waals surface area contributed by atoms with Gasteiger partial charge in [0.25, 0.3) is 0 Å². The lowest BCUT2D eigenvalue weighted by atomic mass is 9.88. The van der Waals surface area contributed by atoms with Crippen LogP contribution in [-0.2, 0) is 9.53 Å². The number of morpholine rings is 1. The molecule has 2 bridgehead atoms. The van der Waals surface area contributed by atoms with Gasteiger partial charge in [-0.15, -0.1) is 0 Å². The van der Waals surface area contributed by atoms with Crippen LogP contribution in [0.4, 0.5) is 0 Å². The van der Waals surface area contributed by atoms with Gasteiger partial charge in [0.05, 0.1) is 19.3 Å². The summed E-state index contributed by atoms with van der Waals surface area (Å²) < 4.78 is 5.49. The maximum atomic E-state index is 12.8. The Hall–Kier alpha value is -1.10. The van der Waals surface area contributed by atoms with Gasteiger partial charge in [-0.25, -0.2) is 0 Å². The van der Waals surface area contributed by atoms with E-state index in [-0.39, 0.29) is 17.9 Å². The van der Waals surface area contributed by atoms with Crippen LogP contribution < -0.4 is 5.32 Å². The molecule has 1 saturated heterocycles. The number of carbonyl (C=O) groups excluding carboxylic acids is 1. The Kier molecular flexibility index (Phi) is 5.30. The molecule has 0 radical (unpaired) electrons. The summed E-state index contributed by atoms with van der Waals surface area (Å²) >= 11 is 6.46. The van der Waals surface area contributed by atoms with Crippen LogP contribution in [0.15, 0.2) is 24.3 Å². The minimum Gasteiger partial charge on any atom is -0.379 e. The number of amides is 1. The zero-order valence-corrected chi connectivity index (χ0v) is 15.4. The van der Waals surface area contributed by atoms with Crippen molar-refractivity contribution in [2.75, 3.05) is 32.8 Å². The lowest BCUT2D eigenvalue weighted by molar-refractivity contribution is -0.126. The topological polar surface area (TPSA) is 41.6 Å². The second-order valence-electron chi connectivity index (χ2n) is 7.71. The van der Waals surface area contributed by atoms with Crippen LogP contribution in [0.25, 0.3) is 0 Å². The van der Waals surface area contributed by atoms with Crippen molar-refractivity contribution >= 4 is 17.5 Å². The number of rotatable bonds is 5. The zero-order chi connectivity index (χ0) is 17.2. The molecule has 0 aromatic heterocycles. The number of nitrogens with one attached hydrogen (secondary N) is 1. The van der Waals surface area contributed by atoms with E-state index in [1.54, 1.807) is 0 Å². The Morgan fingerprint density at radius 1 is 1.24 bits per heavy atom. The molecule has 1 heterocycles. The molecule has 2 saturated carbocycles. The lowest BCUT2D eigenvalue weighted by Gasteiger charge is -2.35. The van der Waals surface area contributed by atoms with Gasteiger partial charge in [-0.2, -0.15) is 0 Å². The summed E-state index contributed by atoms with van der Waals surface area (Å²) in [5.74, 6) is 1.89. The summed E-state index contributed by atoms with van der Waals surface area (Å²) in [6.45, 7) is 3.85. The number of hydrogen-bond donors (Lipinski definition) is 1. The van der Waals surface area contributed by atoms with Crippen LogP contribution in [0.5, 0.6) is 0 Å². The first-order chi connectivity index (χ1) is 12.2. The quantitative estimate of drug-likeness (QED) is 0.874. The number of hydrogen-bond acceptors (Lipinski definition) is 3. The molecular weight excluding hydrogens is 336 g/mol. The van der Waals surface area contributed by atoms with Gasteiger partial charge in [0.15, 0.2) is 0 Å². The van der Waals surface area contributed by atoms with Crippen molar-refractivity contribution in [1.29, 1.82) is 0 Å². The third kappa shape index (κ3) is 3.71. The van der Waals surface area contributed by atoms with E-state index in [0.717, 1.165) is 49.2 Å². The highest BCUT2D eigenvalue weighted by Gasteiger charge is 2.43. The van der Waals surface area contributed by atoms with Gasteiger partial charge in [-0.05, 0) is 42.7 Å². The molecule has 1 N–H and O–H groups in total. The molecule has 4 nitrogen and oxygen atoms in total. The van der Waals surface area contributed by atoms with E-state index in [2.05, 4.69) is 16.3 Å². The standard InChI is InChI=1S/C20H27ClN2O2/c21-18-4-2-1-3-16(18)19(23-7-9-25-10-8-23)13-22-20(24)17-12-14-5-6-15(17)11-14/h1-4,14-15,17,19H,5-13H2,(H,22,24)/t14-,15-,17-,19+/m0/s1. The van der Waals surface area contributed by atoms with Crippen molar-refractivity contribution in [2.24, 2.45) is 17.8 Å². The molecule has 25 heavy (non-hydrogen) atoms. The fraction of sp³-hybridized carbons (Fsp3) is 0.650. The molecule has 4 atom stereocenters. The minimum atomic E-state index is 0.111. The fourth-order valence-electron chi connectivity index (χ4n) is 4.96. The molecule has 1 aliphatic heterocycles. The highest BCUT2D eigenvalue weighted by atomic mass is 35.5. The third-order valence-electron chi connectivity index (χ3n) is 6.30. The number of benzene rings is 1. The van der Waals surface area contributed by atoms with Crippen molar-refractivity contribution in [3.8, 4) is 0 Å². The number of ether oxygens (including phenoxy) is 1. The molecule has 3 fully saturated rings. The summed E-state index contributed by atoms with van der Waals surface area (Å²) in [6.07, 6.45) is 4.91. The number of fused-ring (bicyclic) bond motifs is 2. The zero-order valence-electron chi connectivity index (χ0n) is 14.6. The average molecular weight is 363 g/mol. The van der Waals surface area contributed by atoms with Gasteiger partial charge in [0.1, 0.15) is 0 Å². The maximum Gasteiger partial charge on any atom is 0.223 e. The number of nitrogens with zero attached hydrogens (tertiary/aromatic N) is 1. The third-order valence-corrected chi connectivity index (χ3v) is 6.64. The van der Waals surface area contributed by atoms with Crippen LogP contribution >= 0.6 is 11.6 Å². The molecule has 136 valence electrons. The van der Waals surface area contributed by atoms with Crippen LogP contribution in [0.1, 0.15) is 37.3 Å². The van der Waals surface area contributed by atoms with Crippen LogP contribution in [0.3, 0.4) is 0 Å². The van der Waals surface area contributed by atoms with Crippen LogP contribution in [-0.4, -0.2) is 43.7 Å². The molecule has 4 rings (SSSR count). The molecule has 1 amide bonds. The van der Waals surface area contributed by atoms with Gasteiger partial charge in [0, 0.05) is 30.6 Å². The Labute approximate surface area is 154 Å². The summed E-state index contributed by atoms with van der Waals surface area (Å²) in [7, 11) is 0. The Bertz CT molecular complexity index is 617. The Morgan fingerprint density at radius 2 is 2.04 bits per heavy atom. The maximum absolute atomic E-state index is 12.8. The SMILES string of the molecule is O=C(NC[C@H](c1ccccc1Cl)N1CCOCC1)[C@H]1C[C@H]2CC[C@H]1C2. The molecule has 3 aliphatic rings.